The molecule has 5 aliphatic rings. The van der Waals surface area contributed by atoms with E-state index in [4.69, 9.17) is 31.9 Å². The second kappa shape index (κ2) is 17.1. The molecule has 2 aliphatic heterocycles. The van der Waals surface area contributed by atoms with Crippen molar-refractivity contribution >= 4 is 46.7 Å². The van der Waals surface area contributed by atoms with Gasteiger partial charge in [0.05, 0.1) is 41.6 Å². The maximum Gasteiger partial charge on any atom is 0.338 e. The average Bonchev–Trinajstić information content (AvgIpc) is 3.27. The minimum atomic E-state index is -3.32. The number of hydrogen-bond donors (Lipinski definition) is 2. The molecule has 4 bridgehead atoms. The van der Waals surface area contributed by atoms with Gasteiger partial charge in [0.25, 0.3) is 5.91 Å². The molecule has 8 rings (SSSR count). The molecular formula is C50H61NO13Si2. The number of nitrogens with one attached hydrogen (secondary N) is 1. The summed E-state index contributed by atoms with van der Waals surface area (Å²) in [4.78, 5) is 72.7. The Hall–Kier alpha value is -4.82. The highest BCUT2D eigenvalue weighted by Gasteiger charge is 2.79. The van der Waals surface area contributed by atoms with Crippen LogP contribution in [0.5, 0.6) is 0 Å². The lowest BCUT2D eigenvalue weighted by atomic mass is 9.44. The molecule has 2 saturated heterocycles. The average molecular weight is 940 g/mol. The second-order valence-electron chi connectivity index (χ2n) is 20.2. The quantitative estimate of drug-likeness (QED) is 0.0977. The number of ketones is 1. The summed E-state index contributed by atoms with van der Waals surface area (Å²) in [6.07, 6.45) is -6.16. The van der Waals surface area contributed by atoms with Crippen LogP contribution in [0.3, 0.4) is 0 Å². The van der Waals surface area contributed by atoms with Gasteiger partial charge in [0.15, 0.2) is 11.4 Å². The van der Waals surface area contributed by atoms with Gasteiger partial charge in [-0.15, -0.1) is 0 Å². The Labute approximate surface area is 388 Å². The Balaban J connectivity index is 1.32. The van der Waals surface area contributed by atoms with Crippen LogP contribution in [-0.4, -0.2) is 100 Å². The highest BCUT2D eigenvalue weighted by molar-refractivity contribution is 6.78. The number of Topliss-reactive ketones (excluding diaryl/α,β-unsaturated/α-hetero) is 1. The van der Waals surface area contributed by atoms with Gasteiger partial charge in [-0.3, -0.25) is 19.2 Å². The van der Waals surface area contributed by atoms with E-state index in [-0.39, 0.29) is 25.0 Å². The van der Waals surface area contributed by atoms with E-state index in [1.807, 2.05) is 56.5 Å². The molecule has 0 aromatic heterocycles. The zero-order valence-corrected chi connectivity index (χ0v) is 41.2. The minimum absolute atomic E-state index is 0.126. The normalized spacial score (nSPS) is 33.6. The number of hydrogen-bond acceptors (Lipinski definition) is 13. The number of benzene rings is 3. The lowest BCUT2D eigenvalue weighted by molar-refractivity contribution is -0.344. The van der Waals surface area contributed by atoms with Gasteiger partial charge in [-0.05, 0) is 87.9 Å². The molecule has 3 aromatic carbocycles. The standard InChI is InChI=1S/C50H61NO13Si2/c1-29-35(59-45(55)30(2)39(32-20-14-11-15-21-32)51-44(54)33-22-16-12-17-23-33)27-50(57)43(60-46(56)34-24-18-13-19-25-34)41-48(6)36(26-37-49(41,28-58-37)61-31(3)52)62-65(7,8)64-66(9,10)63-40(42(48)53)38(29)47(50,4)5/h11-25,30,35-37,39-41,43,57H,26-28H2,1-10H3,(H,51,54)/t30-,35+,36+,37-,39-,40-,41+,43+,48-,49+,50-/m1/s1. The van der Waals surface area contributed by atoms with Gasteiger partial charge < -0.3 is 42.3 Å². The SMILES string of the molecule is CC(=O)O[C@@]12CO[C@@H]1C[C@@H]1O[Si](C)(C)O[Si](C)(C)O[C@H]3C(=O)[C@@]1(C)[C@@H]2[C@H](OC(=O)c1ccccc1)[C@]1(O)C[C@H](OC(=O)[C@H](C)[C@@H](NC(=O)c2ccccc2)c2ccccc2)C(C)=C3C1(C)C. The van der Waals surface area contributed by atoms with Crippen molar-refractivity contribution in [2.75, 3.05) is 6.61 Å². The van der Waals surface area contributed by atoms with E-state index in [1.54, 1.807) is 95.3 Å². The van der Waals surface area contributed by atoms with Crippen LogP contribution in [0, 0.1) is 22.7 Å². The fourth-order valence-corrected chi connectivity index (χ4v) is 18.6. The van der Waals surface area contributed by atoms with Crippen LogP contribution in [0.25, 0.3) is 0 Å². The molecule has 2 heterocycles. The Morgan fingerprint density at radius 3 is 1.97 bits per heavy atom. The maximum absolute atomic E-state index is 16.3. The van der Waals surface area contributed by atoms with Crippen LogP contribution in [0.2, 0.25) is 26.2 Å². The number of amides is 1. The van der Waals surface area contributed by atoms with Crippen LogP contribution >= 0.6 is 0 Å². The van der Waals surface area contributed by atoms with Crippen LogP contribution in [0.15, 0.2) is 102 Å². The van der Waals surface area contributed by atoms with Crippen LogP contribution in [0.4, 0.5) is 0 Å². The predicted octanol–water partition coefficient (Wildman–Crippen LogP) is 6.92. The van der Waals surface area contributed by atoms with Crippen LogP contribution in [-0.2, 0) is 46.3 Å². The van der Waals surface area contributed by atoms with E-state index in [2.05, 4.69) is 5.32 Å². The Kier molecular flexibility index (Phi) is 12.3. The third-order valence-corrected chi connectivity index (χ3v) is 20.4. The molecule has 66 heavy (non-hydrogen) atoms. The topological polar surface area (TPSA) is 182 Å². The summed E-state index contributed by atoms with van der Waals surface area (Å²) in [6, 6.07) is 25.2. The van der Waals surface area contributed by atoms with Crippen molar-refractivity contribution in [1.82, 2.24) is 5.32 Å². The Morgan fingerprint density at radius 1 is 0.818 bits per heavy atom. The number of carbonyl (C=O) groups is 5. The molecule has 4 fully saturated rings. The van der Waals surface area contributed by atoms with Gasteiger partial charge in [-0.25, -0.2) is 4.79 Å². The summed E-state index contributed by atoms with van der Waals surface area (Å²) in [7, 11) is -6.49. The molecule has 2 N–H and O–H groups in total. The van der Waals surface area contributed by atoms with Gasteiger partial charge in [0.2, 0.25) is 0 Å². The molecule has 11 atom stereocenters. The molecule has 1 amide bonds. The van der Waals surface area contributed by atoms with E-state index in [0.29, 0.717) is 22.3 Å². The summed E-state index contributed by atoms with van der Waals surface area (Å²) < 4.78 is 46.7. The fourth-order valence-electron chi connectivity index (χ4n) is 11.6. The number of aliphatic hydroxyl groups is 1. The molecule has 0 spiro atoms. The van der Waals surface area contributed by atoms with Crippen molar-refractivity contribution in [3.8, 4) is 0 Å². The zero-order chi connectivity index (χ0) is 47.8. The first-order valence-corrected chi connectivity index (χ1v) is 28.3. The van der Waals surface area contributed by atoms with Crippen molar-refractivity contribution in [3.63, 3.8) is 0 Å². The van der Waals surface area contributed by atoms with E-state index < -0.39 is 117 Å². The number of esters is 3. The first-order chi connectivity index (χ1) is 31.0. The highest BCUT2D eigenvalue weighted by atomic mass is 28.5. The van der Waals surface area contributed by atoms with Crippen molar-refractivity contribution in [2.24, 2.45) is 22.7 Å². The first kappa shape index (κ1) is 47.7. The van der Waals surface area contributed by atoms with Gasteiger partial charge >= 0.3 is 35.0 Å². The van der Waals surface area contributed by atoms with E-state index in [9.17, 15) is 24.3 Å². The van der Waals surface area contributed by atoms with Crippen molar-refractivity contribution in [1.29, 1.82) is 0 Å². The lowest BCUT2D eigenvalue weighted by Crippen LogP contribution is -2.82. The predicted molar refractivity (Wildman–Crippen MR) is 245 cm³/mol. The molecule has 3 aliphatic carbocycles. The molecule has 352 valence electrons. The van der Waals surface area contributed by atoms with Crippen LogP contribution in [0.1, 0.15) is 86.7 Å². The third kappa shape index (κ3) is 8.01. The summed E-state index contributed by atoms with van der Waals surface area (Å²) >= 11 is 0. The number of ether oxygens (including phenoxy) is 4. The van der Waals surface area contributed by atoms with Crippen molar-refractivity contribution in [3.05, 3.63) is 119 Å². The Bertz CT molecular complexity index is 2430. The summed E-state index contributed by atoms with van der Waals surface area (Å²) in [5.74, 6) is -5.26. The largest absolute Gasteiger partial charge is 0.457 e. The molecule has 16 heteroatoms. The van der Waals surface area contributed by atoms with Crippen molar-refractivity contribution < 1.29 is 61.0 Å². The summed E-state index contributed by atoms with van der Waals surface area (Å²) in [6.45, 7) is 17.2. The molecule has 3 aromatic rings. The number of fused-ring (bicyclic) bond motifs is 6. The molecular weight excluding hydrogens is 879 g/mol. The molecule has 0 radical (unpaired) electrons. The molecule has 2 saturated carbocycles. The third-order valence-electron chi connectivity index (χ3n) is 14.8. The summed E-state index contributed by atoms with van der Waals surface area (Å²) in [5, 5.41) is 17.2. The van der Waals surface area contributed by atoms with Crippen molar-refractivity contribution in [2.45, 2.75) is 128 Å². The maximum atomic E-state index is 16.3. The second-order valence-corrected chi connectivity index (χ2v) is 27.1. The lowest BCUT2D eigenvalue weighted by Gasteiger charge is -2.68. The summed E-state index contributed by atoms with van der Waals surface area (Å²) in [5.41, 5.74) is -4.82. The number of carbonyl (C=O) groups excluding carboxylic acids is 5. The monoisotopic (exact) mass is 939 g/mol. The highest BCUT2D eigenvalue weighted by Crippen LogP contribution is 2.65. The Morgan fingerprint density at radius 2 is 1.39 bits per heavy atom. The van der Waals surface area contributed by atoms with E-state index in [1.165, 1.54) is 6.92 Å². The van der Waals surface area contributed by atoms with E-state index in [0.717, 1.165) is 0 Å². The van der Waals surface area contributed by atoms with Gasteiger partial charge in [0.1, 0.15) is 30.0 Å². The number of rotatable bonds is 9. The van der Waals surface area contributed by atoms with Gasteiger partial charge in [-0.1, -0.05) is 80.6 Å². The van der Waals surface area contributed by atoms with E-state index >= 15 is 4.79 Å². The molecule has 14 nitrogen and oxygen atoms in total. The molecule has 0 unspecified atom stereocenters. The first-order valence-electron chi connectivity index (χ1n) is 22.7. The fraction of sp³-hybridized carbons (Fsp3) is 0.500. The smallest absolute Gasteiger partial charge is 0.338 e. The van der Waals surface area contributed by atoms with Gasteiger partial charge in [0, 0.05) is 30.7 Å². The van der Waals surface area contributed by atoms with Crippen LogP contribution < -0.4 is 5.32 Å². The van der Waals surface area contributed by atoms with Gasteiger partial charge in [-0.2, -0.15) is 0 Å². The minimum Gasteiger partial charge on any atom is -0.457 e. The zero-order valence-electron chi connectivity index (χ0n) is 39.2.